The topological polar surface area (TPSA) is 52.0 Å². The largest absolute Gasteiger partial charge is 0.266 e. The molecule has 0 aliphatic rings. The zero-order chi connectivity index (χ0) is 14.9. The number of hydrogen-bond acceptors (Lipinski definition) is 3. The van der Waals surface area contributed by atoms with Gasteiger partial charge in [-0.25, -0.2) is 13.1 Å². The van der Waals surface area contributed by atoms with Gasteiger partial charge in [0.05, 0.1) is 16.4 Å². The van der Waals surface area contributed by atoms with Crippen LogP contribution in [0.3, 0.4) is 0 Å². The van der Waals surface area contributed by atoms with E-state index in [0.29, 0.717) is 22.8 Å². The molecule has 8 heteroatoms. The molecule has 2 aromatic rings. The van der Waals surface area contributed by atoms with Gasteiger partial charge in [0.1, 0.15) is 4.90 Å². The maximum absolute atomic E-state index is 11.7. The Balaban J connectivity index is 2.72. The summed E-state index contributed by atoms with van der Waals surface area (Å²) in [5, 5.41) is 4.59. The molecule has 0 aliphatic heterocycles. The number of rotatable bonds is 4. The third-order valence-electron chi connectivity index (χ3n) is 2.67. The van der Waals surface area contributed by atoms with Gasteiger partial charge in [-0.3, -0.25) is 0 Å². The Morgan fingerprint density at radius 2 is 1.90 bits per heavy atom. The minimum absolute atomic E-state index is 0.0587. The van der Waals surface area contributed by atoms with E-state index in [2.05, 4.69) is 5.10 Å². The summed E-state index contributed by atoms with van der Waals surface area (Å²) in [6, 6.07) is 6.88. The highest BCUT2D eigenvalue weighted by Crippen LogP contribution is 2.33. The van der Waals surface area contributed by atoms with Gasteiger partial charge in [-0.2, -0.15) is 5.10 Å². The number of halogens is 3. The highest BCUT2D eigenvalue weighted by Gasteiger charge is 2.27. The van der Waals surface area contributed by atoms with Crippen molar-refractivity contribution in [2.45, 2.75) is 24.7 Å². The molecule has 1 aromatic heterocycles. The first-order chi connectivity index (χ1) is 9.36. The summed E-state index contributed by atoms with van der Waals surface area (Å²) in [4.78, 5) is -0.150. The molecule has 0 unspecified atom stereocenters. The standard InChI is InChI=1S/C12H11Cl3N2O2S/c1-2-5-9-11(20(15,18)19)12(14)17(16-9)10-7-4-3-6-8(10)13/h3-4,6-7H,2,5H2,1H3. The van der Waals surface area contributed by atoms with E-state index in [4.69, 9.17) is 33.9 Å². The number of aryl methyl sites for hydroxylation is 1. The van der Waals surface area contributed by atoms with Crippen LogP contribution in [-0.2, 0) is 15.5 Å². The van der Waals surface area contributed by atoms with E-state index < -0.39 is 9.05 Å². The van der Waals surface area contributed by atoms with Crippen LogP contribution in [0.1, 0.15) is 19.0 Å². The number of nitrogens with zero attached hydrogens (tertiary/aromatic N) is 2. The van der Waals surface area contributed by atoms with Crippen LogP contribution >= 0.6 is 33.9 Å². The molecule has 1 aromatic carbocycles. The fraction of sp³-hybridized carbons (Fsp3) is 0.250. The van der Waals surface area contributed by atoms with Crippen molar-refractivity contribution in [3.05, 3.63) is 40.1 Å². The molecule has 4 nitrogen and oxygen atoms in total. The summed E-state index contributed by atoms with van der Waals surface area (Å²) in [7, 11) is 1.47. The van der Waals surface area contributed by atoms with Gasteiger partial charge in [-0.1, -0.05) is 48.7 Å². The Kier molecular flexibility index (Phi) is 4.64. The van der Waals surface area contributed by atoms with Crippen molar-refractivity contribution in [2.75, 3.05) is 0 Å². The lowest BCUT2D eigenvalue weighted by molar-refractivity contribution is 0.608. The van der Waals surface area contributed by atoms with Gasteiger partial charge < -0.3 is 0 Å². The molecule has 0 saturated carbocycles. The molecule has 0 radical (unpaired) electrons. The van der Waals surface area contributed by atoms with E-state index in [1.54, 1.807) is 24.3 Å². The van der Waals surface area contributed by atoms with Gasteiger partial charge in [0.2, 0.25) is 0 Å². The predicted molar refractivity (Wildman–Crippen MR) is 80.6 cm³/mol. The van der Waals surface area contributed by atoms with Crippen molar-refractivity contribution in [3.8, 4) is 5.69 Å². The fourth-order valence-corrected chi connectivity index (χ4v) is 3.93. The molecule has 2 rings (SSSR count). The SMILES string of the molecule is CCCc1nn(-c2ccccc2Cl)c(Cl)c1S(=O)(=O)Cl. The predicted octanol–water partition coefficient (Wildman–Crippen LogP) is 4.06. The first-order valence-electron chi connectivity index (χ1n) is 5.83. The lowest BCUT2D eigenvalue weighted by atomic mass is 10.2. The molecule has 1 heterocycles. The summed E-state index contributed by atoms with van der Waals surface area (Å²) < 4.78 is 24.6. The molecule has 0 fully saturated rings. The molecule has 0 saturated heterocycles. The van der Waals surface area contributed by atoms with Gasteiger partial charge >= 0.3 is 0 Å². The first kappa shape index (κ1) is 15.6. The van der Waals surface area contributed by atoms with Crippen molar-refractivity contribution in [3.63, 3.8) is 0 Å². The van der Waals surface area contributed by atoms with E-state index in [9.17, 15) is 8.42 Å². The molecule has 20 heavy (non-hydrogen) atoms. The Hall–Kier alpha value is -0.750. The Morgan fingerprint density at radius 1 is 1.25 bits per heavy atom. The van der Waals surface area contributed by atoms with Crippen LogP contribution in [0.2, 0.25) is 10.2 Å². The average Bonchev–Trinajstić information content (AvgIpc) is 2.67. The summed E-state index contributed by atoms with van der Waals surface area (Å²) >= 11 is 12.2. The maximum Gasteiger partial charge on any atom is 0.266 e. The number of hydrogen-bond donors (Lipinski definition) is 0. The smallest absolute Gasteiger partial charge is 0.219 e. The molecule has 0 amide bonds. The minimum Gasteiger partial charge on any atom is -0.219 e. The quantitative estimate of drug-likeness (QED) is 0.779. The van der Waals surface area contributed by atoms with Gasteiger partial charge in [0, 0.05) is 10.7 Å². The summed E-state index contributed by atoms with van der Waals surface area (Å²) in [5.41, 5.74) is 0.843. The van der Waals surface area contributed by atoms with E-state index in [-0.39, 0.29) is 10.0 Å². The number of aromatic nitrogens is 2. The highest BCUT2D eigenvalue weighted by molar-refractivity contribution is 8.13. The van der Waals surface area contributed by atoms with E-state index in [0.717, 1.165) is 6.42 Å². The molecule has 0 bridgehead atoms. The van der Waals surface area contributed by atoms with Crippen LogP contribution in [0.25, 0.3) is 5.69 Å². The van der Waals surface area contributed by atoms with Crippen molar-refractivity contribution in [1.29, 1.82) is 0 Å². The number of para-hydroxylation sites is 1. The summed E-state index contributed by atoms with van der Waals surface area (Å²) in [6.45, 7) is 1.91. The van der Waals surface area contributed by atoms with Gasteiger partial charge in [0.15, 0.2) is 5.15 Å². The fourth-order valence-electron chi connectivity index (χ4n) is 1.85. The van der Waals surface area contributed by atoms with Gasteiger partial charge in [0.25, 0.3) is 9.05 Å². The Bertz CT molecular complexity index is 741. The van der Waals surface area contributed by atoms with Crippen molar-refractivity contribution >= 4 is 42.9 Å². The van der Waals surface area contributed by atoms with Crippen LogP contribution in [-0.4, -0.2) is 18.2 Å². The van der Waals surface area contributed by atoms with E-state index in [1.165, 1.54) is 4.68 Å². The number of benzene rings is 1. The van der Waals surface area contributed by atoms with E-state index in [1.807, 2.05) is 6.92 Å². The van der Waals surface area contributed by atoms with Gasteiger partial charge in [-0.15, -0.1) is 0 Å². The second-order valence-corrected chi connectivity index (χ2v) is 7.39. The van der Waals surface area contributed by atoms with Crippen LogP contribution < -0.4 is 0 Å². The van der Waals surface area contributed by atoms with Crippen LogP contribution in [0.5, 0.6) is 0 Å². The van der Waals surface area contributed by atoms with Crippen LogP contribution in [0, 0.1) is 0 Å². The molecular formula is C12H11Cl3N2O2S. The lowest BCUT2D eigenvalue weighted by Crippen LogP contribution is -1.98. The third-order valence-corrected chi connectivity index (χ3v) is 4.83. The molecule has 0 N–H and O–H groups in total. The van der Waals surface area contributed by atoms with E-state index >= 15 is 0 Å². The van der Waals surface area contributed by atoms with Crippen LogP contribution in [0.15, 0.2) is 29.2 Å². The second kappa shape index (κ2) is 5.93. The second-order valence-electron chi connectivity index (χ2n) is 4.12. The van der Waals surface area contributed by atoms with Crippen LogP contribution in [0.4, 0.5) is 0 Å². The van der Waals surface area contributed by atoms with Crippen molar-refractivity contribution in [2.24, 2.45) is 0 Å². The Morgan fingerprint density at radius 3 is 2.45 bits per heavy atom. The Labute approximate surface area is 131 Å². The zero-order valence-electron chi connectivity index (χ0n) is 10.5. The van der Waals surface area contributed by atoms with Crippen molar-refractivity contribution < 1.29 is 8.42 Å². The maximum atomic E-state index is 11.7. The lowest BCUT2D eigenvalue weighted by Gasteiger charge is -2.04. The minimum atomic E-state index is -3.97. The molecular weight excluding hydrogens is 343 g/mol. The highest BCUT2D eigenvalue weighted by atomic mass is 35.7. The summed E-state index contributed by atoms with van der Waals surface area (Å²) in [6.07, 6.45) is 1.17. The average molecular weight is 354 g/mol. The zero-order valence-corrected chi connectivity index (χ0v) is 13.6. The molecule has 0 spiro atoms. The monoisotopic (exact) mass is 352 g/mol. The molecule has 0 atom stereocenters. The summed E-state index contributed by atoms with van der Waals surface area (Å²) in [5.74, 6) is 0. The molecule has 0 aliphatic carbocycles. The first-order valence-corrected chi connectivity index (χ1v) is 8.89. The normalized spacial score (nSPS) is 11.8. The molecule has 108 valence electrons. The third kappa shape index (κ3) is 2.96. The van der Waals surface area contributed by atoms with Crippen molar-refractivity contribution in [1.82, 2.24) is 9.78 Å². The van der Waals surface area contributed by atoms with Gasteiger partial charge in [-0.05, 0) is 18.6 Å².